The lowest BCUT2D eigenvalue weighted by Gasteiger charge is -2.44. The van der Waals surface area contributed by atoms with Crippen LogP contribution in [-0.2, 0) is 11.3 Å². The van der Waals surface area contributed by atoms with Crippen LogP contribution < -0.4 is 10.2 Å². The maximum atomic E-state index is 13.4. The molecular formula is C21H31N3O3. The second-order valence-electron chi connectivity index (χ2n) is 8.53. The van der Waals surface area contributed by atoms with Crippen molar-refractivity contribution in [3.63, 3.8) is 0 Å². The first-order valence-electron chi connectivity index (χ1n) is 10.4. The zero-order chi connectivity index (χ0) is 18.9. The molecule has 0 unspecified atom stereocenters. The van der Waals surface area contributed by atoms with Crippen molar-refractivity contribution in [3.8, 4) is 5.75 Å². The number of pyridine rings is 1. The molecule has 2 saturated heterocycles. The van der Waals surface area contributed by atoms with Crippen molar-refractivity contribution < 1.29 is 9.53 Å². The Labute approximate surface area is 160 Å². The number of likely N-dealkylation sites (tertiary alicyclic amines) is 2. The third-order valence-corrected chi connectivity index (χ3v) is 6.77. The second-order valence-corrected chi connectivity index (χ2v) is 8.53. The summed E-state index contributed by atoms with van der Waals surface area (Å²) in [6.45, 7) is 3.34. The molecule has 6 nitrogen and oxygen atoms in total. The SMILES string of the molecule is COc1c[nH]c(CN2CC[C@]3(CCCN(C4CCCCC4)C3=O)C2)cc1=O. The quantitative estimate of drug-likeness (QED) is 0.881. The second kappa shape index (κ2) is 7.66. The minimum absolute atomic E-state index is 0.0997. The Bertz CT molecular complexity index is 740. The Kier molecular flexibility index (Phi) is 5.26. The molecule has 1 N–H and O–H groups in total. The molecule has 1 aromatic heterocycles. The number of methoxy groups -OCH3 is 1. The van der Waals surface area contributed by atoms with Crippen LogP contribution >= 0.6 is 0 Å². The molecule has 1 amide bonds. The summed E-state index contributed by atoms with van der Waals surface area (Å²) in [5, 5.41) is 0. The van der Waals surface area contributed by atoms with Crippen LogP contribution in [0.4, 0.5) is 0 Å². The highest BCUT2D eigenvalue weighted by Crippen LogP contribution is 2.42. The first-order valence-corrected chi connectivity index (χ1v) is 10.4. The maximum Gasteiger partial charge on any atom is 0.230 e. The Balaban J connectivity index is 1.43. The summed E-state index contributed by atoms with van der Waals surface area (Å²) in [6.07, 6.45) is 10.9. The monoisotopic (exact) mass is 373 g/mol. The number of carbonyl (C=O) groups excluding carboxylic acids is 1. The largest absolute Gasteiger partial charge is 0.491 e. The van der Waals surface area contributed by atoms with Gasteiger partial charge in [-0.15, -0.1) is 0 Å². The molecule has 3 heterocycles. The fourth-order valence-corrected chi connectivity index (χ4v) is 5.31. The van der Waals surface area contributed by atoms with E-state index in [9.17, 15) is 9.59 Å². The van der Waals surface area contributed by atoms with Gasteiger partial charge < -0.3 is 14.6 Å². The molecular weight excluding hydrogens is 342 g/mol. The van der Waals surface area contributed by atoms with Crippen LogP contribution in [0.15, 0.2) is 17.1 Å². The third kappa shape index (κ3) is 3.64. The smallest absolute Gasteiger partial charge is 0.230 e. The van der Waals surface area contributed by atoms with Gasteiger partial charge in [-0.2, -0.15) is 0 Å². The van der Waals surface area contributed by atoms with Crippen LogP contribution in [-0.4, -0.2) is 53.5 Å². The summed E-state index contributed by atoms with van der Waals surface area (Å²) in [5.74, 6) is 0.730. The predicted octanol–water partition coefficient (Wildman–Crippen LogP) is 2.53. The maximum absolute atomic E-state index is 13.4. The van der Waals surface area contributed by atoms with E-state index in [2.05, 4.69) is 14.8 Å². The molecule has 0 bridgehead atoms. The van der Waals surface area contributed by atoms with Crippen molar-refractivity contribution in [2.24, 2.45) is 5.41 Å². The van der Waals surface area contributed by atoms with Crippen LogP contribution in [0.25, 0.3) is 0 Å². The van der Waals surface area contributed by atoms with Gasteiger partial charge in [0.15, 0.2) is 5.75 Å². The predicted molar refractivity (Wildman–Crippen MR) is 104 cm³/mol. The van der Waals surface area contributed by atoms with Crippen molar-refractivity contribution in [1.29, 1.82) is 0 Å². The summed E-state index contributed by atoms with van der Waals surface area (Å²) in [5.41, 5.74) is 0.574. The fraction of sp³-hybridized carbons (Fsp3) is 0.714. The lowest BCUT2D eigenvalue weighted by Crippen LogP contribution is -2.54. The Morgan fingerprint density at radius 2 is 1.96 bits per heavy atom. The van der Waals surface area contributed by atoms with E-state index in [1.807, 2.05) is 0 Å². The number of piperidine rings is 1. The summed E-state index contributed by atoms with van der Waals surface area (Å²) >= 11 is 0. The average molecular weight is 373 g/mol. The molecule has 148 valence electrons. The van der Waals surface area contributed by atoms with Gasteiger partial charge in [-0.3, -0.25) is 14.5 Å². The molecule has 6 heteroatoms. The van der Waals surface area contributed by atoms with Crippen LogP contribution in [0.3, 0.4) is 0 Å². The molecule has 1 spiro atoms. The number of ether oxygens (including phenoxy) is 1. The minimum atomic E-state index is -0.206. The van der Waals surface area contributed by atoms with E-state index in [0.29, 0.717) is 24.2 Å². The normalized spacial score (nSPS) is 27.4. The van der Waals surface area contributed by atoms with Gasteiger partial charge in [-0.1, -0.05) is 19.3 Å². The van der Waals surface area contributed by atoms with Crippen molar-refractivity contribution in [2.45, 2.75) is 64.0 Å². The van der Waals surface area contributed by atoms with Crippen LogP contribution in [0.5, 0.6) is 5.75 Å². The number of nitrogens with zero attached hydrogens (tertiary/aromatic N) is 2. The number of aromatic amines is 1. The van der Waals surface area contributed by atoms with E-state index in [1.165, 1.54) is 39.2 Å². The van der Waals surface area contributed by atoms with Crippen molar-refractivity contribution in [2.75, 3.05) is 26.7 Å². The molecule has 3 aliphatic rings. The highest BCUT2D eigenvalue weighted by atomic mass is 16.5. The minimum Gasteiger partial charge on any atom is -0.491 e. The number of amides is 1. The molecule has 4 rings (SSSR count). The summed E-state index contributed by atoms with van der Waals surface area (Å²) < 4.78 is 5.04. The zero-order valence-electron chi connectivity index (χ0n) is 16.3. The average Bonchev–Trinajstić information content (AvgIpc) is 3.08. The fourth-order valence-electron chi connectivity index (χ4n) is 5.31. The molecule has 0 aromatic carbocycles. The molecule has 1 aromatic rings. The van der Waals surface area contributed by atoms with Crippen molar-refractivity contribution in [1.82, 2.24) is 14.8 Å². The van der Waals surface area contributed by atoms with Gasteiger partial charge in [0, 0.05) is 43.6 Å². The molecule has 1 aliphatic carbocycles. The summed E-state index contributed by atoms with van der Waals surface area (Å²) in [6, 6.07) is 2.08. The number of H-pyrrole nitrogens is 1. The summed E-state index contributed by atoms with van der Waals surface area (Å²) in [4.78, 5) is 33.1. The number of hydrogen-bond donors (Lipinski definition) is 1. The number of hydrogen-bond acceptors (Lipinski definition) is 4. The number of rotatable bonds is 4. The van der Waals surface area contributed by atoms with Gasteiger partial charge in [0.25, 0.3) is 0 Å². The molecule has 2 aliphatic heterocycles. The standard InChI is InChI=1S/C21H31N3O3/c1-27-19-13-22-16(12-18(19)25)14-23-11-9-21(15-23)8-5-10-24(20(21)26)17-6-3-2-4-7-17/h12-13,17H,2-11,14-15H2,1H3,(H,22,25)/t21-/m1/s1. The van der Waals surface area contributed by atoms with Crippen LogP contribution in [0, 0.1) is 5.41 Å². The van der Waals surface area contributed by atoms with Crippen molar-refractivity contribution in [3.05, 3.63) is 28.2 Å². The third-order valence-electron chi connectivity index (χ3n) is 6.77. The van der Waals surface area contributed by atoms with E-state index in [4.69, 9.17) is 4.74 Å². The van der Waals surface area contributed by atoms with Gasteiger partial charge in [0.2, 0.25) is 11.3 Å². The number of aromatic nitrogens is 1. The highest BCUT2D eigenvalue weighted by Gasteiger charge is 2.49. The van der Waals surface area contributed by atoms with Gasteiger partial charge in [-0.05, 0) is 38.6 Å². The lowest BCUT2D eigenvalue weighted by atomic mass is 9.77. The van der Waals surface area contributed by atoms with E-state index in [0.717, 1.165) is 44.6 Å². The highest BCUT2D eigenvalue weighted by molar-refractivity contribution is 5.84. The first kappa shape index (κ1) is 18.5. The molecule has 3 fully saturated rings. The molecule has 1 atom stereocenters. The molecule has 27 heavy (non-hydrogen) atoms. The molecule has 1 saturated carbocycles. The van der Waals surface area contributed by atoms with Gasteiger partial charge >= 0.3 is 0 Å². The Morgan fingerprint density at radius 1 is 1.15 bits per heavy atom. The number of carbonyl (C=O) groups is 1. The van der Waals surface area contributed by atoms with Crippen molar-refractivity contribution >= 4 is 5.91 Å². The van der Waals surface area contributed by atoms with Crippen LogP contribution in [0.2, 0.25) is 0 Å². The Hall–Kier alpha value is -1.82. The van der Waals surface area contributed by atoms with Crippen LogP contribution in [0.1, 0.15) is 57.1 Å². The summed E-state index contributed by atoms with van der Waals surface area (Å²) in [7, 11) is 1.50. The van der Waals surface area contributed by atoms with E-state index < -0.39 is 0 Å². The topological polar surface area (TPSA) is 65.6 Å². The zero-order valence-corrected chi connectivity index (χ0v) is 16.3. The number of nitrogens with one attached hydrogen (secondary N) is 1. The Morgan fingerprint density at radius 3 is 2.70 bits per heavy atom. The first-order chi connectivity index (χ1) is 13.1. The van der Waals surface area contributed by atoms with E-state index >= 15 is 0 Å². The van der Waals surface area contributed by atoms with E-state index in [1.54, 1.807) is 12.3 Å². The van der Waals surface area contributed by atoms with Gasteiger partial charge in [-0.25, -0.2) is 0 Å². The van der Waals surface area contributed by atoms with Gasteiger partial charge in [0.1, 0.15) is 0 Å². The lowest BCUT2D eigenvalue weighted by molar-refractivity contribution is -0.149. The molecule has 0 radical (unpaired) electrons. The van der Waals surface area contributed by atoms with Gasteiger partial charge in [0.05, 0.1) is 12.5 Å². The van der Waals surface area contributed by atoms with E-state index in [-0.39, 0.29) is 10.8 Å².